The maximum atomic E-state index is 11.7. The lowest BCUT2D eigenvalue weighted by molar-refractivity contribution is 0.0599. The maximum Gasteiger partial charge on any atom is 0.338 e. The Kier molecular flexibility index (Phi) is 9.01. The van der Waals surface area contributed by atoms with Gasteiger partial charge in [0, 0.05) is 12.2 Å². The highest BCUT2D eigenvalue weighted by atomic mass is 35.5. The van der Waals surface area contributed by atoms with E-state index >= 15 is 0 Å². The summed E-state index contributed by atoms with van der Waals surface area (Å²) in [6.07, 6.45) is 2.96. The van der Waals surface area contributed by atoms with Gasteiger partial charge in [-0.15, -0.1) is 12.4 Å². The van der Waals surface area contributed by atoms with Crippen LogP contribution in [0.5, 0.6) is 0 Å². The molecule has 1 rings (SSSR count). The second-order valence-corrected chi connectivity index (χ2v) is 4.57. The normalized spacial score (nSPS) is 9.80. The molecule has 0 aliphatic carbocycles. The fourth-order valence-electron chi connectivity index (χ4n) is 2.12. The summed E-state index contributed by atoms with van der Waals surface area (Å²) in [5.41, 5.74) is 9.40. The molecule has 0 spiro atoms. The Bertz CT molecular complexity index is 436. The van der Waals surface area contributed by atoms with Crippen LogP contribution in [0.3, 0.4) is 0 Å². The van der Waals surface area contributed by atoms with E-state index in [0.717, 1.165) is 36.2 Å². The summed E-state index contributed by atoms with van der Waals surface area (Å²) in [7, 11) is 1.40. The van der Waals surface area contributed by atoms with Crippen molar-refractivity contribution in [2.75, 3.05) is 25.5 Å². The van der Waals surface area contributed by atoms with Gasteiger partial charge in [0.05, 0.1) is 12.7 Å². The molecule has 0 bridgehead atoms. The van der Waals surface area contributed by atoms with Crippen molar-refractivity contribution in [1.29, 1.82) is 0 Å². The molecule has 0 amide bonds. The van der Waals surface area contributed by atoms with Gasteiger partial charge in [0.2, 0.25) is 0 Å². The third kappa shape index (κ3) is 4.69. The molecule has 0 unspecified atom stereocenters. The molecular formula is C15H25ClN2O2. The first-order chi connectivity index (χ1) is 9.15. The number of unbranched alkanes of at least 4 members (excludes halogenated alkanes) is 1. The monoisotopic (exact) mass is 300 g/mol. The zero-order valence-corrected chi connectivity index (χ0v) is 13.3. The van der Waals surface area contributed by atoms with Gasteiger partial charge < -0.3 is 15.8 Å². The summed E-state index contributed by atoms with van der Waals surface area (Å²) in [6.45, 7) is 5.64. The van der Waals surface area contributed by atoms with E-state index in [1.54, 1.807) is 0 Å². The van der Waals surface area contributed by atoms with Crippen LogP contribution in [0.25, 0.3) is 0 Å². The van der Waals surface area contributed by atoms with Gasteiger partial charge in [-0.1, -0.05) is 13.3 Å². The molecule has 1 aromatic carbocycles. The average Bonchev–Trinajstić information content (AvgIpc) is 2.42. The molecule has 0 atom stereocenters. The Hall–Kier alpha value is -1.26. The first-order valence-corrected chi connectivity index (χ1v) is 6.80. The molecule has 20 heavy (non-hydrogen) atoms. The van der Waals surface area contributed by atoms with Crippen molar-refractivity contribution in [2.24, 2.45) is 5.73 Å². The summed E-state index contributed by atoms with van der Waals surface area (Å²) in [6, 6.07) is 3.76. The number of hydrogen-bond acceptors (Lipinski definition) is 4. The highest BCUT2D eigenvalue weighted by Gasteiger charge is 2.15. The van der Waals surface area contributed by atoms with Crippen molar-refractivity contribution in [3.8, 4) is 0 Å². The number of hydrogen-bond donors (Lipinski definition) is 2. The van der Waals surface area contributed by atoms with Gasteiger partial charge in [-0.3, -0.25) is 0 Å². The van der Waals surface area contributed by atoms with Crippen LogP contribution in [0.2, 0.25) is 0 Å². The highest BCUT2D eigenvalue weighted by Crippen LogP contribution is 2.24. The second kappa shape index (κ2) is 9.61. The number of ether oxygens (including phenoxy) is 1. The third-order valence-electron chi connectivity index (χ3n) is 3.24. The predicted molar refractivity (Wildman–Crippen MR) is 85.9 cm³/mol. The van der Waals surface area contributed by atoms with Crippen LogP contribution in [0.1, 0.15) is 41.3 Å². The average molecular weight is 301 g/mol. The van der Waals surface area contributed by atoms with Crippen LogP contribution < -0.4 is 11.1 Å². The second-order valence-electron chi connectivity index (χ2n) is 4.57. The van der Waals surface area contributed by atoms with E-state index < -0.39 is 0 Å². The first kappa shape index (κ1) is 18.7. The zero-order valence-electron chi connectivity index (χ0n) is 12.5. The van der Waals surface area contributed by atoms with Gasteiger partial charge in [0.1, 0.15) is 0 Å². The smallest absolute Gasteiger partial charge is 0.338 e. The molecule has 5 heteroatoms. The predicted octanol–water partition coefficient (Wildman–Crippen LogP) is 2.92. The molecule has 1 aromatic rings. The van der Waals surface area contributed by atoms with Crippen molar-refractivity contribution in [3.63, 3.8) is 0 Å². The number of esters is 1. The van der Waals surface area contributed by atoms with Crippen molar-refractivity contribution in [1.82, 2.24) is 0 Å². The van der Waals surface area contributed by atoms with Gasteiger partial charge in [0.15, 0.2) is 0 Å². The van der Waals surface area contributed by atoms with Crippen LogP contribution in [-0.2, 0) is 11.2 Å². The van der Waals surface area contributed by atoms with Crippen molar-refractivity contribution >= 4 is 24.1 Å². The summed E-state index contributed by atoms with van der Waals surface area (Å²) in [5, 5.41) is 3.40. The highest BCUT2D eigenvalue weighted by molar-refractivity contribution is 5.92. The number of rotatable bonds is 7. The number of benzene rings is 1. The van der Waals surface area contributed by atoms with Crippen LogP contribution in [-0.4, -0.2) is 26.2 Å². The molecule has 0 heterocycles. The molecule has 0 aliphatic heterocycles. The summed E-state index contributed by atoms with van der Waals surface area (Å²) >= 11 is 0. The molecule has 3 N–H and O–H groups in total. The maximum absolute atomic E-state index is 11.7. The minimum Gasteiger partial charge on any atom is -0.465 e. The standard InChI is InChI=1S/C15H24N2O2.ClH/c1-4-5-10-17-14-7-6-13(15(18)19-3)12(8-9-16)11(14)2;/h6-7,17H,4-5,8-10,16H2,1-3H3;1H. The molecule has 0 saturated heterocycles. The summed E-state index contributed by atoms with van der Waals surface area (Å²) in [5.74, 6) is -0.299. The number of nitrogens with two attached hydrogens (primary N) is 1. The van der Waals surface area contributed by atoms with Gasteiger partial charge in [-0.2, -0.15) is 0 Å². The lowest BCUT2D eigenvalue weighted by atomic mass is 9.97. The Morgan fingerprint density at radius 2 is 2.10 bits per heavy atom. The molecule has 0 radical (unpaired) electrons. The molecule has 114 valence electrons. The molecule has 0 aliphatic rings. The topological polar surface area (TPSA) is 64.3 Å². The molecule has 0 aromatic heterocycles. The van der Waals surface area contributed by atoms with E-state index in [2.05, 4.69) is 12.2 Å². The lowest BCUT2D eigenvalue weighted by Crippen LogP contribution is -2.13. The van der Waals surface area contributed by atoms with E-state index in [1.165, 1.54) is 7.11 Å². The van der Waals surface area contributed by atoms with Gasteiger partial charge in [0.25, 0.3) is 0 Å². The van der Waals surface area contributed by atoms with Crippen LogP contribution >= 0.6 is 12.4 Å². The fraction of sp³-hybridized carbons (Fsp3) is 0.533. The lowest BCUT2D eigenvalue weighted by Gasteiger charge is -2.16. The van der Waals surface area contributed by atoms with E-state index in [0.29, 0.717) is 18.5 Å². The Morgan fingerprint density at radius 1 is 1.40 bits per heavy atom. The molecule has 0 saturated carbocycles. The van der Waals surface area contributed by atoms with E-state index in [-0.39, 0.29) is 18.4 Å². The van der Waals surface area contributed by atoms with Crippen molar-refractivity contribution in [3.05, 3.63) is 28.8 Å². The Labute approximate surface area is 127 Å². The summed E-state index contributed by atoms with van der Waals surface area (Å²) in [4.78, 5) is 11.7. The van der Waals surface area contributed by atoms with Gasteiger partial charge in [-0.05, 0) is 49.6 Å². The SMILES string of the molecule is CCCCNc1ccc(C(=O)OC)c(CCN)c1C.Cl. The number of nitrogens with one attached hydrogen (secondary N) is 1. The third-order valence-corrected chi connectivity index (χ3v) is 3.24. The van der Waals surface area contributed by atoms with Crippen molar-refractivity contribution < 1.29 is 9.53 Å². The van der Waals surface area contributed by atoms with Crippen LogP contribution in [0, 0.1) is 6.92 Å². The largest absolute Gasteiger partial charge is 0.465 e. The zero-order chi connectivity index (χ0) is 14.3. The van der Waals surface area contributed by atoms with E-state index in [1.807, 2.05) is 19.1 Å². The Balaban J connectivity index is 0.00000361. The Morgan fingerprint density at radius 3 is 2.65 bits per heavy atom. The minimum atomic E-state index is -0.299. The number of halogens is 1. The number of anilines is 1. The van der Waals surface area contributed by atoms with Gasteiger partial charge >= 0.3 is 5.97 Å². The molecule has 4 nitrogen and oxygen atoms in total. The van der Waals surface area contributed by atoms with Crippen LogP contribution in [0.15, 0.2) is 12.1 Å². The fourth-order valence-corrected chi connectivity index (χ4v) is 2.12. The number of methoxy groups -OCH3 is 1. The quantitative estimate of drug-likeness (QED) is 0.600. The van der Waals surface area contributed by atoms with E-state index in [4.69, 9.17) is 10.5 Å². The molecular weight excluding hydrogens is 276 g/mol. The van der Waals surface area contributed by atoms with Crippen LogP contribution in [0.4, 0.5) is 5.69 Å². The molecule has 0 fully saturated rings. The first-order valence-electron chi connectivity index (χ1n) is 6.80. The van der Waals surface area contributed by atoms with E-state index in [9.17, 15) is 4.79 Å². The van der Waals surface area contributed by atoms with Gasteiger partial charge in [-0.25, -0.2) is 4.79 Å². The summed E-state index contributed by atoms with van der Waals surface area (Å²) < 4.78 is 4.82. The van der Waals surface area contributed by atoms with Crippen molar-refractivity contribution in [2.45, 2.75) is 33.1 Å². The number of carbonyl (C=O) groups excluding carboxylic acids is 1. The number of carbonyl (C=O) groups is 1. The minimum absolute atomic E-state index is 0.